The van der Waals surface area contributed by atoms with Crippen molar-refractivity contribution in [1.82, 2.24) is 4.98 Å². The lowest BCUT2D eigenvalue weighted by atomic mass is 10.1. The fourth-order valence-corrected chi connectivity index (χ4v) is 2.01. The van der Waals surface area contributed by atoms with Gasteiger partial charge in [-0.25, -0.2) is 4.98 Å². The predicted octanol–water partition coefficient (Wildman–Crippen LogP) is 3.12. The number of rotatable bonds is 4. The minimum Gasteiger partial charge on any atom is -0.487 e. The number of thiazole rings is 1. The molecule has 0 saturated carbocycles. The van der Waals surface area contributed by atoms with Crippen LogP contribution < -0.4 is 4.74 Å². The molecule has 2 aromatic rings. The molecule has 88 valence electrons. The molecule has 17 heavy (non-hydrogen) atoms. The molecule has 0 bridgehead atoms. The van der Waals surface area contributed by atoms with Crippen LogP contribution in [0.5, 0.6) is 5.75 Å². The lowest BCUT2D eigenvalue weighted by molar-refractivity contribution is -0.385. The Morgan fingerprint density at radius 1 is 1.53 bits per heavy atom. The van der Waals surface area contributed by atoms with Gasteiger partial charge in [-0.1, -0.05) is 0 Å². The topological polar surface area (TPSA) is 65.3 Å². The Hall–Kier alpha value is -1.95. The van der Waals surface area contributed by atoms with Crippen LogP contribution >= 0.6 is 11.3 Å². The minimum absolute atomic E-state index is 0.0302. The molecule has 1 aromatic heterocycles. The highest BCUT2D eigenvalue weighted by molar-refractivity contribution is 7.07. The summed E-state index contributed by atoms with van der Waals surface area (Å²) in [5, 5.41) is 12.8. The zero-order chi connectivity index (χ0) is 12.3. The quantitative estimate of drug-likeness (QED) is 0.617. The van der Waals surface area contributed by atoms with Crippen LogP contribution in [0.3, 0.4) is 0 Å². The predicted molar refractivity (Wildman–Crippen MR) is 65.4 cm³/mol. The Morgan fingerprint density at radius 2 is 2.35 bits per heavy atom. The van der Waals surface area contributed by atoms with Crippen LogP contribution in [0.4, 0.5) is 5.69 Å². The molecule has 0 atom stereocenters. The second kappa shape index (κ2) is 4.92. The summed E-state index contributed by atoms with van der Waals surface area (Å²) in [6.45, 7) is 2.19. The Kier molecular flexibility index (Phi) is 3.34. The fourth-order valence-electron chi connectivity index (χ4n) is 1.45. The van der Waals surface area contributed by atoms with Gasteiger partial charge in [-0.2, -0.15) is 0 Å². The molecule has 5 nitrogen and oxygen atoms in total. The van der Waals surface area contributed by atoms with Gasteiger partial charge in [0.15, 0.2) is 5.75 Å². The maximum atomic E-state index is 10.9. The van der Waals surface area contributed by atoms with E-state index in [0.717, 1.165) is 11.3 Å². The minimum atomic E-state index is -0.444. The summed E-state index contributed by atoms with van der Waals surface area (Å²) in [4.78, 5) is 14.6. The second-order valence-electron chi connectivity index (χ2n) is 3.25. The molecule has 2 rings (SSSR count). The van der Waals surface area contributed by atoms with Gasteiger partial charge in [0.05, 0.1) is 22.7 Å². The molecule has 0 spiro atoms. The van der Waals surface area contributed by atoms with E-state index in [9.17, 15) is 10.1 Å². The normalized spacial score (nSPS) is 10.2. The van der Waals surface area contributed by atoms with Crippen molar-refractivity contribution in [2.24, 2.45) is 0 Å². The molecule has 0 aliphatic carbocycles. The van der Waals surface area contributed by atoms with Crippen molar-refractivity contribution in [3.8, 4) is 17.0 Å². The maximum Gasteiger partial charge on any atom is 0.311 e. The lowest BCUT2D eigenvalue weighted by Crippen LogP contribution is -1.97. The fraction of sp³-hybridized carbons (Fsp3) is 0.182. The van der Waals surface area contributed by atoms with Gasteiger partial charge in [-0.3, -0.25) is 10.1 Å². The van der Waals surface area contributed by atoms with Crippen molar-refractivity contribution in [2.45, 2.75) is 6.92 Å². The molecule has 0 N–H and O–H groups in total. The summed E-state index contributed by atoms with van der Waals surface area (Å²) in [6.07, 6.45) is 0. The van der Waals surface area contributed by atoms with Crippen LogP contribution in [0.1, 0.15) is 6.92 Å². The Morgan fingerprint density at radius 3 is 2.94 bits per heavy atom. The molecular weight excluding hydrogens is 240 g/mol. The van der Waals surface area contributed by atoms with Crippen LogP contribution in [0, 0.1) is 10.1 Å². The molecule has 0 saturated heterocycles. The number of nitrogens with zero attached hydrogens (tertiary/aromatic N) is 2. The molecule has 0 aliphatic heterocycles. The largest absolute Gasteiger partial charge is 0.487 e. The van der Waals surface area contributed by atoms with Crippen molar-refractivity contribution in [2.75, 3.05) is 6.61 Å². The summed E-state index contributed by atoms with van der Waals surface area (Å²) in [6, 6.07) is 4.86. The molecule has 0 fully saturated rings. The van der Waals surface area contributed by atoms with E-state index in [2.05, 4.69) is 4.98 Å². The lowest BCUT2D eigenvalue weighted by Gasteiger charge is -2.05. The highest BCUT2D eigenvalue weighted by Crippen LogP contribution is 2.32. The van der Waals surface area contributed by atoms with E-state index in [1.54, 1.807) is 24.6 Å². The molecule has 1 aromatic carbocycles. The molecule has 6 heteroatoms. The van der Waals surface area contributed by atoms with Crippen LogP contribution in [0.25, 0.3) is 11.3 Å². The van der Waals surface area contributed by atoms with E-state index in [1.165, 1.54) is 17.4 Å². The van der Waals surface area contributed by atoms with Crippen LogP contribution in [-0.2, 0) is 0 Å². The number of nitro groups is 1. The van der Waals surface area contributed by atoms with Gasteiger partial charge in [0.2, 0.25) is 0 Å². The summed E-state index contributed by atoms with van der Waals surface area (Å²) in [7, 11) is 0. The number of aromatic nitrogens is 1. The molecule has 0 aliphatic rings. The average Bonchev–Trinajstić information content (AvgIpc) is 2.83. The van der Waals surface area contributed by atoms with Crippen LogP contribution in [0.2, 0.25) is 0 Å². The molecular formula is C11H10N2O3S. The van der Waals surface area contributed by atoms with Gasteiger partial charge in [0.1, 0.15) is 0 Å². The van der Waals surface area contributed by atoms with E-state index in [-0.39, 0.29) is 11.4 Å². The molecule has 0 unspecified atom stereocenters. The Labute approximate surface area is 102 Å². The highest BCUT2D eigenvalue weighted by Gasteiger charge is 2.16. The third kappa shape index (κ3) is 2.42. The Balaban J connectivity index is 2.45. The van der Waals surface area contributed by atoms with E-state index in [0.29, 0.717) is 6.61 Å². The average molecular weight is 250 g/mol. The van der Waals surface area contributed by atoms with Crippen LogP contribution in [-0.4, -0.2) is 16.5 Å². The summed E-state index contributed by atoms with van der Waals surface area (Å²) < 4.78 is 5.21. The highest BCUT2D eigenvalue weighted by atomic mass is 32.1. The van der Waals surface area contributed by atoms with Gasteiger partial charge in [-0.05, 0) is 19.1 Å². The molecule has 0 radical (unpaired) electrons. The molecule has 1 heterocycles. The van der Waals surface area contributed by atoms with E-state index < -0.39 is 4.92 Å². The first-order valence-electron chi connectivity index (χ1n) is 5.02. The number of hydrogen-bond donors (Lipinski definition) is 0. The van der Waals surface area contributed by atoms with E-state index >= 15 is 0 Å². The maximum absolute atomic E-state index is 10.9. The third-order valence-electron chi connectivity index (χ3n) is 2.18. The first-order chi connectivity index (χ1) is 8.22. The summed E-state index contributed by atoms with van der Waals surface area (Å²) in [5.74, 6) is 0.288. The number of hydrogen-bond acceptors (Lipinski definition) is 5. The molecule has 0 amide bonds. The van der Waals surface area contributed by atoms with Crippen LogP contribution in [0.15, 0.2) is 29.1 Å². The van der Waals surface area contributed by atoms with Crippen molar-refractivity contribution >= 4 is 17.0 Å². The van der Waals surface area contributed by atoms with Gasteiger partial charge in [0, 0.05) is 17.0 Å². The smallest absolute Gasteiger partial charge is 0.311 e. The first kappa shape index (κ1) is 11.5. The van der Waals surface area contributed by atoms with Gasteiger partial charge < -0.3 is 4.74 Å². The van der Waals surface area contributed by atoms with E-state index in [1.807, 2.05) is 5.38 Å². The summed E-state index contributed by atoms with van der Waals surface area (Å²) in [5.41, 5.74) is 3.12. The van der Waals surface area contributed by atoms with E-state index in [4.69, 9.17) is 4.74 Å². The number of ether oxygens (including phenoxy) is 1. The number of benzene rings is 1. The van der Waals surface area contributed by atoms with Crippen molar-refractivity contribution in [3.05, 3.63) is 39.2 Å². The van der Waals surface area contributed by atoms with Crippen molar-refractivity contribution in [3.63, 3.8) is 0 Å². The first-order valence-corrected chi connectivity index (χ1v) is 5.96. The van der Waals surface area contributed by atoms with Gasteiger partial charge in [-0.15, -0.1) is 11.3 Å². The zero-order valence-electron chi connectivity index (χ0n) is 9.12. The number of nitro benzene ring substituents is 1. The standard InChI is InChI=1S/C11H10N2O3S/c1-2-16-11-4-3-8(5-10(11)13(14)15)9-6-17-7-12-9/h3-7H,2H2,1H3. The zero-order valence-corrected chi connectivity index (χ0v) is 9.94. The monoisotopic (exact) mass is 250 g/mol. The van der Waals surface area contributed by atoms with Gasteiger partial charge >= 0.3 is 5.69 Å². The SMILES string of the molecule is CCOc1ccc(-c2cscn2)cc1[N+](=O)[O-]. The third-order valence-corrected chi connectivity index (χ3v) is 2.77. The van der Waals surface area contributed by atoms with Gasteiger partial charge in [0.25, 0.3) is 0 Å². The van der Waals surface area contributed by atoms with Crippen molar-refractivity contribution in [1.29, 1.82) is 0 Å². The Bertz CT molecular complexity index is 526. The second-order valence-corrected chi connectivity index (χ2v) is 3.96. The summed E-state index contributed by atoms with van der Waals surface area (Å²) >= 11 is 1.45. The van der Waals surface area contributed by atoms with Crippen molar-refractivity contribution < 1.29 is 9.66 Å².